The third kappa shape index (κ3) is 3.02. The molecule has 0 bridgehead atoms. The first kappa shape index (κ1) is 14.6. The Kier molecular flexibility index (Phi) is 3.86. The Bertz CT molecular complexity index is 641. The van der Waals surface area contributed by atoms with Crippen molar-refractivity contribution >= 4 is 23.3 Å². The zero-order valence-corrected chi connectivity index (χ0v) is 12.8. The van der Waals surface area contributed by atoms with Gasteiger partial charge >= 0.3 is 0 Å². The second-order valence-electron chi connectivity index (χ2n) is 5.81. The highest BCUT2D eigenvalue weighted by Gasteiger charge is 2.18. The van der Waals surface area contributed by atoms with Crippen molar-refractivity contribution in [3.8, 4) is 0 Å². The topological polar surface area (TPSA) is 57.8 Å². The first-order valence-corrected chi connectivity index (χ1v) is 6.79. The standard InChI is InChI=1S/C15H18ClN3O/c1-9-6-5-7-10(13(9)16)14(20)17-12-8-11(18-19-12)15(2,3)4/h5-8H,1-4H3,(H2,17,18,19,20). The number of carbonyl (C=O) groups excluding carboxylic acids is 1. The summed E-state index contributed by atoms with van der Waals surface area (Å²) in [5.74, 6) is 0.239. The number of rotatable bonds is 2. The van der Waals surface area contributed by atoms with E-state index in [9.17, 15) is 4.79 Å². The minimum atomic E-state index is -0.259. The molecule has 0 radical (unpaired) electrons. The number of halogens is 1. The number of nitrogens with one attached hydrogen (secondary N) is 2. The van der Waals surface area contributed by atoms with Crippen molar-refractivity contribution in [3.63, 3.8) is 0 Å². The maximum absolute atomic E-state index is 12.2. The van der Waals surface area contributed by atoms with Gasteiger partial charge in [0, 0.05) is 17.2 Å². The Balaban J connectivity index is 2.20. The summed E-state index contributed by atoms with van der Waals surface area (Å²) in [5, 5.41) is 10.3. The van der Waals surface area contributed by atoms with Crippen LogP contribution < -0.4 is 5.32 Å². The molecule has 0 saturated heterocycles. The predicted octanol–water partition coefficient (Wildman–Crippen LogP) is 3.92. The van der Waals surface area contributed by atoms with E-state index in [4.69, 9.17) is 11.6 Å². The van der Waals surface area contributed by atoms with Crippen LogP contribution >= 0.6 is 11.6 Å². The summed E-state index contributed by atoms with van der Waals surface area (Å²) in [6.07, 6.45) is 0. The minimum Gasteiger partial charge on any atom is -0.305 e. The fourth-order valence-electron chi connectivity index (χ4n) is 1.78. The molecule has 1 heterocycles. The van der Waals surface area contributed by atoms with Crippen molar-refractivity contribution in [3.05, 3.63) is 46.1 Å². The molecule has 1 aromatic heterocycles. The van der Waals surface area contributed by atoms with E-state index in [0.717, 1.165) is 11.3 Å². The molecule has 0 spiro atoms. The number of aryl methyl sites for hydroxylation is 1. The van der Waals surface area contributed by atoms with E-state index in [1.165, 1.54) is 0 Å². The van der Waals surface area contributed by atoms with Crippen LogP contribution in [0.5, 0.6) is 0 Å². The molecule has 0 aliphatic rings. The smallest absolute Gasteiger partial charge is 0.258 e. The third-order valence-electron chi connectivity index (χ3n) is 3.06. The summed E-state index contributed by atoms with van der Waals surface area (Å²) in [7, 11) is 0. The highest BCUT2D eigenvalue weighted by atomic mass is 35.5. The fraction of sp³-hybridized carbons (Fsp3) is 0.333. The summed E-state index contributed by atoms with van der Waals surface area (Å²) >= 11 is 6.14. The molecule has 1 aromatic carbocycles. The van der Waals surface area contributed by atoms with Gasteiger partial charge in [0.05, 0.1) is 10.6 Å². The predicted molar refractivity (Wildman–Crippen MR) is 81.4 cm³/mol. The second-order valence-corrected chi connectivity index (χ2v) is 6.19. The van der Waals surface area contributed by atoms with Crippen LogP contribution in [-0.4, -0.2) is 16.1 Å². The second kappa shape index (κ2) is 5.29. The van der Waals surface area contributed by atoms with E-state index in [2.05, 4.69) is 36.3 Å². The molecule has 2 rings (SSSR count). The van der Waals surface area contributed by atoms with Gasteiger partial charge in [-0.2, -0.15) is 5.10 Å². The monoisotopic (exact) mass is 291 g/mol. The number of carbonyl (C=O) groups is 1. The number of amides is 1. The van der Waals surface area contributed by atoms with Crippen LogP contribution in [0.3, 0.4) is 0 Å². The number of aromatic nitrogens is 2. The zero-order chi connectivity index (χ0) is 14.9. The quantitative estimate of drug-likeness (QED) is 0.881. The van der Waals surface area contributed by atoms with Gasteiger partial charge in [0.15, 0.2) is 5.82 Å². The van der Waals surface area contributed by atoms with Crippen molar-refractivity contribution in [1.29, 1.82) is 0 Å². The minimum absolute atomic E-state index is 0.0447. The number of hydrogen-bond donors (Lipinski definition) is 2. The molecular weight excluding hydrogens is 274 g/mol. The van der Waals surface area contributed by atoms with Crippen molar-refractivity contribution in [2.24, 2.45) is 0 Å². The van der Waals surface area contributed by atoms with E-state index >= 15 is 0 Å². The normalized spacial score (nSPS) is 11.4. The molecule has 106 valence electrons. The van der Waals surface area contributed by atoms with Crippen molar-refractivity contribution < 1.29 is 4.79 Å². The number of H-pyrrole nitrogens is 1. The number of aromatic amines is 1. The van der Waals surface area contributed by atoms with Crippen molar-refractivity contribution in [2.45, 2.75) is 33.1 Å². The molecule has 0 aliphatic heterocycles. The SMILES string of the molecule is Cc1cccc(C(=O)Nc2cc(C(C)(C)C)[nH]n2)c1Cl. The molecular formula is C15H18ClN3O. The van der Waals surface area contributed by atoms with Gasteiger partial charge in [-0.25, -0.2) is 0 Å². The lowest BCUT2D eigenvalue weighted by molar-refractivity contribution is 0.102. The molecule has 1 amide bonds. The summed E-state index contributed by atoms with van der Waals surface area (Å²) in [6.45, 7) is 8.09. The van der Waals surface area contributed by atoms with E-state index in [-0.39, 0.29) is 11.3 Å². The molecule has 0 unspecified atom stereocenters. The zero-order valence-electron chi connectivity index (χ0n) is 12.0. The lowest BCUT2D eigenvalue weighted by Crippen LogP contribution is -2.13. The van der Waals surface area contributed by atoms with E-state index in [1.54, 1.807) is 12.1 Å². The fourth-order valence-corrected chi connectivity index (χ4v) is 1.99. The van der Waals surface area contributed by atoms with Gasteiger partial charge in [0.25, 0.3) is 5.91 Å². The first-order chi connectivity index (χ1) is 9.29. The maximum atomic E-state index is 12.2. The Morgan fingerprint density at radius 2 is 2.05 bits per heavy atom. The van der Waals surface area contributed by atoms with Crippen LogP contribution in [0, 0.1) is 6.92 Å². The van der Waals surface area contributed by atoms with Gasteiger partial charge in [-0.15, -0.1) is 0 Å². The third-order valence-corrected chi connectivity index (χ3v) is 3.57. The van der Waals surface area contributed by atoms with Crippen LogP contribution in [0.15, 0.2) is 24.3 Å². The Morgan fingerprint density at radius 1 is 1.35 bits per heavy atom. The van der Waals surface area contributed by atoms with Crippen LogP contribution in [0.25, 0.3) is 0 Å². The largest absolute Gasteiger partial charge is 0.305 e. The number of nitrogens with zero attached hydrogens (tertiary/aromatic N) is 1. The number of benzene rings is 1. The van der Waals surface area contributed by atoms with Gasteiger partial charge in [-0.3, -0.25) is 9.89 Å². The van der Waals surface area contributed by atoms with Crippen LogP contribution in [0.1, 0.15) is 42.4 Å². The van der Waals surface area contributed by atoms with Gasteiger partial charge in [-0.05, 0) is 18.6 Å². The lowest BCUT2D eigenvalue weighted by Gasteiger charge is -2.14. The van der Waals surface area contributed by atoms with Gasteiger partial charge in [0.2, 0.25) is 0 Å². The molecule has 0 aliphatic carbocycles. The van der Waals surface area contributed by atoms with Crippen LogP contribution in [0.2, 0.25) is 5.02 Å². The molecule has 5 heteroatoms. The first-order valence-electron chi connectivity index (χ1n) is 6.41. The van der Waals surface area contributed by atoms with E-state index in [0.29, 0.717) is 16.4 Å². The molecule has 0 atom stereocenters. The highest BCUT2D eigenvalue weighted by molar-refractivity contribution is 6.35. The Morgan fingerprint density at radius 3 is 2.65 bits per heavy atom. The van der Waals surface area contributed by atoms with Crippen LogP contribution in [0.4, 0.5) is 5.82 Å². The van der Waals surface area contributed by atoms with Gasteiger partial charge in [-0.1, -0.05) is 44.5 Å². The molecule has 0 fully saturated rings. The van der Waals surface area contributed by atoms with Crippen molar-refractivity contribution in [2.75, 3.05) is 5.32 Å². The average molecular weight is 292 g/mol. The lowest BCUT2D eigenvalue weighted by atomic mass is 9.92. The molecule has 0 saturated carbocycles. The van der Waals surface area contributed by atoms with E-state index < -0.39 is 0 Å². The molecule has 4 nitrogen and oxygen atoms in total. The molecule has 2 aromatic rings. The maximum Gasteiger partial charge on any atom is 0.258 e. The van der Waals surface area contributed by atoms with Gasteiger partial charge in [0.1, 0.15) is 0 Å². The molecule has 20 heavy (non-hydrogen) atoms. The molecule has 2 N–H and O–H groups in total. The summed E-state index contributed by atoms with van der Waals surface area (Å²) in [5.41, 5.74) is 2.24. The average Bonchev–Trinajstić information content (AvgIpc) is 2.81. The van der Waals surface area contributed by atoms with E-state index in [1.807, 2.05) is 19.1 Å². The highest BCUT2D eigenvalue weighted by Crippen LogP contribution is 2.24. The summed E-state index contributed by atoms with van der Waals surface area (Å²) in [4.78, 5) is 12.2. The summed E-state index contributed by atoms with van der Waals surface area (Å²) in [6, 6.07) is 7.20. The number of hydrogen-bond acceptors (Lipinski definition) is 2. The Labute approximate surface area is 123 Å². The number of anilines is 1. The van der Waals surface area contributed by atoms with Crippen molar-refractivity contribution in [1.82, 2.24) is 10.2 Å². The summed E-state index contributed by atoms with van der Waals surface area (Å²) < 4.78 is 0. The van der Waals surface area contributed by atoms with Crippen LogP contribution in [-0.2, 0) is 5.41 Å². The van der Waals surface area contributed by atoms with Gasteiger partial charge < -0.3 is 5.32 Å². The Hall–Kier alpha value is -1.81.